The molecule has 0 aliphatic heterocycles. The number of aryl methyl sites for hydroxylation is 2. The lowest BCUT2D eigenvalue weighted by molar-refractivity contribution is 0.932. The monoisotopic (exact) mass is 356 g/mol. The number of rotatable bonds is 4. The van der Waals surface area contributed by atoms with Crippen LogP contribution in [0.15, 0.2) is 35.0 Å². The van der Waals surface area contributed by atoms with Crippen molar-refractivity contribution in [2.24, 2.45) is 0 Å². The van der Waals surface area contributed by atoms with Gasteiger partial charge in [0.05, 0.1) is 21.1 Å². The minimum atomic E-state index is 0.931. The molecule has 0 aliphatic rings. The van der Waals surface area contributed by atoms with Gasteiger partial charge < -0.3 is 0 Å². The summed E-state index contributed by atoms with van der Waals surface area (Å²) in [4.78, 5) is 15.1. The summed E-state index contributed by atoms with van der Waals surface area (Å²) >= 11 is 5.36. The van der Waals surface area contributed by atoms with Gasteiger partial charge in [0.15, 0.2) is 0 Å². The third-order valence-corrected chi connectivity index (χ3v) is 7.11. The molecule has 0 radical (unpaired) electrons. The summed E-state index contributed by atoms with van der Waals surface area (Å²) in [6.07, 6.45) is 1.86. The van der Waals surface area contributed by atoms with Crippen molar-refractivity contribution >= 4 is 45.0 Å². The molecule has 2 nitrogen and oxygen atoms in total. The fourth-order valence-corrected chi connectivity index (χ4v) is 5.62. The zero-order valence-corrected chi connectivity index (χ0v) is 15.4. The molecule has 0 aliphatic carbocycles. The van der Waals surface area contributed by atoms with E-state index < -0.39 is 0 Å². The number of hydrogen-bond donors (Lipinski definition) is 0. The lowest BCUT2D eigenvalue weighted by Crippen LogP contribution is -1.99. The predicted molar refractivity (Wildman–Crippen MR) is 103 cm³/mol. The predicted octanol–water partition coefficient (Wildman–Crippen LogP) is 6.27. The Hall–Kier alpha value is -1.56. The summed E-state index contributed by atoms with van der Waals surface area (Å²) in [5, 5.41) is 4.25. The Morgan fingerprint density at radius 2 is 1.26 bits per heavy atom. The van der Waals surface area contributed by atoms with E-state index in [0.29, 0.717) is 0 Å². The summed E-state index contributed by atoms with van der Waals surface area (Å²) in [5.74, 6) is 0. The lowest BCUT2D eigenvalue weighted by atomic mass is 10.2. The first-order valence-corrected chi connectivity index (χ1v) is 10.3. The van der Waals surface area contributed by atoms with Gasteiger partial charge in [-0.3, -0.25) is 0 Å². The van der Waals surface area contributed by atoms with E-state index >= 15 is 0 Å². The van der Waals surface area contributed by atoms with Crippen LogP contribution in [0.4, 0.5) is 0 Å². The molecule has 23 heavy (non-hydrogen) atoms. The van der Waals surface area contributed by atoms with Crippen molar-refractivity contribution in [3.8, 4) is 19.5 Å². The number of nitrogens with zero attached hydrogens (tertiary/aromatic N) is 2. The average Bonchev–Trinajstić information content (AvgIpc) is 3.31. The summed E-state index contributed by atoms with van der Waals surface area (Å²) in [5.41, 5.74) is 4.39. The number of fused-ring (bicyclic) bond motifs is 1. The van der Waals surface area contributed by atoms with E-state index in [4.69, 9.17) is 9.97 Å². The zero-order chi connectivity index (χ0) is 15.8. The van der Waals surface area contributed by atoms with Crippen molar-refractivity contribution in [2.45, 2.75) is 26.7 Å². The van der Waals surface area contributed by atoms with Gasteiger partial charge in [-0.1, -0.05) is 26.0 Å². The number of thiophene rings is 3. The molecule has 0 spiro atoms. The van der Waals surface area contributed by atoms with Gasteiger partial charge in [-0.25, -0.2) is 9.97 Å². The molecule has 4 aromatic heterocycles. The summed E-state index contributed by atoms with van der Waals surface area (Å²) in [6, 6.07) is 8.56. The zero-order valence-electron chi connectivity index (χ0n) is 13.0. The summed E-state index contributed by atoms with van der Waals surface area (Å²) in [6.45, 7) is 4.32. The Labute approximate surface area is 147 Å². The van der Waals surface area contributed by atoms with Crippen LogP contribution in [0.3, 0.4) is 0 Å². The average molecular weight is 357 g/mol. The molecular formula is C18H16N2S3. The Morgan fingerprint density at radius 1 is 0.783 bits per heavy atom. The standard InChI is InChI=1S/C18H16N2S3/c1-3-11-12(4-2)20-16-15(19-11)17(13-7-5-9-21-13)23-18(16)14-8-6-10-22-14/h5-10H,3-4H2,1-2H3. The van der Waals surface area contributed by atoms with Crippen LogP contribution in [0.5, 0.6) is 0 Å². The number of aromatic nitrogens is 2. The molecule has 0 unspecified atom stereocenters. The van der Waals surface area contributed by atoms with Crippen LogP contribution in [-0.4, -0.2) is 9.97 Å². The second kappa shape index (κ2) is 6.15. The Morgan fingerprint density at radius 3 is 1.61 bits per heavy atom. The van der Waals surface area contributed by atoms with Gasteiger partial charge in [-0.2, -0.15) is 0 Å². The first kappa shape index (κ1) is 15.0. The third-order valence-electron chi connectivity index (χ3n) is 3.84. The van der Waals surface area contributed by atoms with E-state index in [-0.39, 0.29) is 0 Å². The minimum Gasteiger partial charge on any atom is -0.248 e. The highest BCUT2D eigenvalue weighted by molar-refractivity contribution is 7.27. The Bertz CT molecular complexity index is 858. The van der Waals surface area contributed by atoms with E-state index in [1.165, 1.54) is 19.5 Å². The molecule has 0 bridgehead atoms. The molecular weight excluding hydrogens is 340 g/mol. The smallest absolute Gasteiger partial charge is 0.109 e. The summed E-state index contributed by atoms with van der Waals surface area (Å²) < 4.78 is 0. The van der Waals surface area contributed by atoms with Crippen LogP contribution in [-0.2, 0) is 12.8 Å². The van der Waals surface area contributed by atoms with Gasteiger partial charge in [-0.15, -0.1) is 34.0 Å². The molecule has 4 heterocycles. The van der Waals surface area contributed by atoms with E-state index in [1.807, 2.05) is 11.3 Å². The van der Waals surface area contributed by atoms with Crippen LogP contribution in [0.2, 0.25) is 0 Å². The van der Waals surface area contributed by atoms with Gasteiger partial charge >= 0.3 is 0 Å². The first-order valence-electron chi connectivity index (χ1n) is 7.71. The van der Waals surface area contributed by atoms with E-state index in [0.717, 1.165) is 35.3 Å². The maximum Gasteiger partial charge on any atom is 0.109 e. The Kier molecular flexibility index (Phi) is 4.01. The quantitative estimate of drug-likeness (QED) is 0.430. The highest BCUT2D eigenvalue weighted by Crippen LogP contribution is 2.45. The maximum absolute atomic E-state index is 5.01. The first-order chi connectivity index (χ1) is 11.3. The molecule has 0 atom stereocenters. The van der Waals surface area contributed by atoms with Crippen molar-refractivity contribution in [1.29, 1.82) is 0 Å². The number of hydrogen-bond acceptors (Lipinski definition) is 5. The molecule has 0 saturated carbocycles. The molecule has 0 amide bonds. The van der Waals surface area contributed by atoms with Gasteiger partial charge in [0, 0.05) is 9.75 Å². The van der Waals surface area contributed by atoms with Crippen molar-refractivity contribution in [3.05, 3.63) is 46.4 Å². The van der Waals surface area contributed by atoms with E-state index in [2.05, 4.69) is 48.9 Å². The van der Waals surface area contributed by atoms with Crippen LogP contribution in [0.25, 0.3) is 30.5 Å². The molecule has 116 valence electrons. The second-order valence-corrected chi connectivity index (χ2v) is 8.15. The molecule has 5 heteroatoms. The van der Waals surface area contributed by atoms with Crippen molar-refractivity contribution < 1.29 is 0 Å². The van der Waals surface area contributed by atoms with Crippen LogP contribution in [0, 0.1) is 0 Å². The van der Waals surface area contributed by atoms with Gasteiger partial charge in [-0.05, 0) is 35.7 Å². The van der Waals surface area contributed by atoms with Crippen LogP contribution >= 0.6 is 34.0 Å². The molecule has 4 rings (SSSR count). The lowest BCUT2D eigenvalue weighted by Gasteiger charge is -2.05. The topological polar surface area (TPSA) is 25.8 Å². The van der Waals surface area contributed by atoms with Crippen molar-refractivity contribution in [2.75, 3.05) is 0 Å². The fourth-order valence-electron chi connectivity index (χ4n) is 2.74. The van der Waals surface area contributed by atoms with Crippen LogP contribution in [0.1, 0.15) is 25.2 Å². The SMILES string of the molecule is CCc1nc2c(-c3cccs3)sc(-c3cccs3)c2nc1CC. The van der Waals surface area contributed by atoms with E-state index in [1.54, 1.807) is 22.7 Å². The molecule has 0 fully saturated rings. The highest BCUT2D eigenvalue weighted by atomic mass is 32.1. The van der Waals surface area contributed by atoms with Crippen LogP contribution < -0.4 is 0 Å². The fraction of sp³-hybridized carbons (Fsp3) is 0.222. The second-order valence-electron chi connectivity index (χ2n) is 5.24. The maximum atomic E-state index is 5.01. The normalized spacial score (nSPS) is 11.4. The van der Waals surface area contributed by atoms with Gasteiger partial charge in [0.25, 0.3) is 0 Å². The van der Waals surface area contributed by atoms with Gasteiger partial charge in [0.2, 0.25) is 0 Å². The highest BCUT2D eigenvalue weighted by Gasteiger charge is 2.20. The minimum absolute atomic E-state index is 0.931. The van der Waals surface area contributed by atoms with Crippen molar-refractivity contribution in [1.82, 2.24) is 9.97 Å². The Balaban J connectivity index is 2.06. The van der Waals surface area contributed by atoms with Crippen molar-refractivity contribution in [3.63, 3.8) is 0 Å². The van der Waals surface area contributed by atoms with Gasteiger partial charge in [0.1, 0.15) is 11.0 Å². The molecule has 0 saturated heterocycles. The molecule has 0 N–H and O–H groups in total. The molecule has 4 aromatic rings. The summed E-state index contributed by atoms with van der Waals surface area (Å²) in [7, 11) is 0. The largest absolute Gasteiger partial charge is 0.248 e. The third kappa shape index (κ3) is 2.53. The molecule has 0 aromatic carbocycles. The van der Waals surface area contributed by atoms with E-state index in [9.17, 15) is 0 Å².